The second-order valence-corrected chi connectivity index (χ2v) is 7.40. The van der Waals surface area contributed by atoms with Crippen molar-refractivity contribution >= 4 is 34.1 Å². The van der Waals surface area contributed by atoms with Crippen molar-refractivity contribution in [2.45, 2.75) is 18.9 Å². The van der Waals surface area contributed by atoms with Gasteiger partial charge in [-0.05, 0) is 25.0 Å². The molecule has 4 rings (SSSR count). The summed E-state index contributed by atoms with van der Waals surface area (Å²) in [6, 6.07) is 7.06. The SMILES string of the molecule is CN(C)n1c([C@@H]2CCCN2c2ncnc(N)c2C#N)nc2cccc(Cl)c2c1=O. The van der Waals surface area contributed by atoms with Gasteiger partial charge < -0.3 is 15.6 Å². The van der Waals surface area contributed by atoms with Gasteiger partial charge in [0, 0.05) is 20.6 Å². The zero-order chi connectivity index (χ0) is 20.7. The first kappa shape index (κ1) is 19.0. The summed E-state index contributed by atoms with van der Waals surface area (Å²) in [6.45, 7) is 0.659. The first-order valence-electron chi connectivity index (χ1n) is 9.10. The van der Waals surface area contributed by atoms with E-state index in [1.54, 1.807) is 37.3 Å². The molecule has 3 heterocycles. The number of rotatable bonds is 3. The van der Waals surface area contributed by atoms with Crippen LogP contribution in [0.4, 0.5) is 11.6 Å². The Kier molecular flexibility index (Phi) is 4.72. The number of nitrogens with zero attached hydrogens (tertiary/aromatic N) is 7. The molecule has 0 saturated carbocycles. The average Bonchev–Trinajstić information content (AvgIpc) is 3.16. The predicted molar refractivity (Wildman–Crippen MR) is 112 cm³/mol. The maximum Gasteiger partial charge on any atom is 0.281 e. The first-order chi connectivity index (χ1) is 13.9. The van der Waals surface area contributed by atoms with Crippen molar-refractivity contribution in [1.29, 1.82) is 5.26 Å². The minimum absolute atomic E-state index is 0.131. The summed E-state index contributed by atoms with van der Waals surface area (Å²) in [5.74, 6) is 1.15. The molecule has 1 fully saturated rings. The van der Waals surface area contributed by atoms with Gasteiger partial charge in [-0.2, -0.15) is 5.26 Å². The average molecular weight is 411 g/mol. The molecule has 1 aromatic carbocycles. The van der Waals surface area contributed by atoms with Crippen molar-refractivity contribution < 1.29 is 0 Å². The fraction of sp³-hybridized carbons (Fsp3) is 0.316. The number of anilines is 2. The summed E-state index contributed by atoms with van der Waals surface area (Å²) in [5, 5.41) is 12.0. The number of nitrogen functional groups attached to an aromatic ring is 1. The van der Waals surface area contributed by atoms with Crippen LogP contribution in [0.3, 0.4) is 0 Å². The first-order valence-corrected chi connectivity index (χ1v) is 9.47. The molecular weight excluding hydrogens is 392 g/mol. The van der Waals surface area contributed by atoms with Crippen LogP contribution in [0.25, 0.3) is 10.9 Å². The summed E-state index contributed by atoms with van der Waals surface area (Å²) in [7, 11) is 3.55. The van der Waals surface area contributed by atoms with E-state index in [-0.39, 0.29) is 23.0 Å². The molecule has 0 unspecified atom stereocenters. The van der Waals surface area contributed by atoms with E-state index >= 15 is 0 Å². The maximum absolute atomic E-state index is 13.3. The van der Waals surface area contributed by atoms with Gasteiger partial charge in [0.15, 0.2) is 11.6 Å². The normalized spacial score (nSPS) is 16.2. The highest BCUT2D eigenvalue weighted by Gasteiger charge is 2.34. The number of halogens is 1. The molecule has 2 aromatic heterocycles. The molecule has 9 nitrogen and oxygen atoms in total. The molecular formula is C19H19ClN8O. The lowest BCUT2D eigenvalue weighted by Crippen LogP contribution is -2.42. The largest absolute Gasteiger partial charge is 0.382 e. The third kappa shape index (κ3) is 3.02. The van der Waals surface area contributed by atoms with E-state index in [0.29, 0.717) is 34.1 Å². The van der Waals surface area contributed by atoms with Crippen LogP contribution in [0.15, 0.2) is 29.3 Å². The fourth-order valence-electron chi connectivity index (χ4n) is 3.80. The highest BCUT2D eigenvalue weighted by Crippen LogP contribution is 2.37. The summed E-state index contributed by atoms with van der Waals surface area (Å²) < 4.78 is 1.52. The van der Waals surface area contributed by atoms with E-state index in [4.69, 9.17) is 22.3 Å². The van der Waals surface area contributed by atoms with Gasteiger partial charge in [0.05, 0.1) is 22.0 Å². The van der Waals surface area contributed by atoms with Gasteiger partial charge in [-0.1, -0.05) is 17.7 Å². The molecule has 0 aliphatic carbocycles. The van der Waals surface area contributed by atoms with Crippen LogP contribution in [0.1, 0.15) is 30.3 Å². The standard InChI is InChI=1S/C19H19ClN8O/c1-26(2)28-18(25-13-6-3-5-12(20)15(13)19(28)29)14-7-4-8-27(14)17-11(9-21)16(22)23-10-24-17/h3,5-6,10,14H,4,7-8H2,1-2H3,(H2,22,23,24)/t14-/m0/s1. The predicted octanol–water partition coefficient (Wildman–Crippen LogP) is 1.83. The molecule has 148 valence electrons. The quantitative estimate of drug-likeness (QED) is 0.694. The van der Waals surface area contributed by atoms with Crippen molar-refractivity contribution in [1.82, 2.24) is 19.6 Å². The van der Waals surface area contributed by atoms with Gasteiger partial charge >= 0.3 is 0 Å². The zero-order valence-electron chi connectivity index (χ0n) is 16.0. The topological polar surface area (TPSA) is 117 Å². The minimum Gasteiger partial charge on any atom is -0.382 e. The lowest BCUT2D eigenvalue weighted by Gasteiger charge is -2.30. The molecule has 0 spiro atoms. The monoisotopic (exact) mass is 410 g/mol. The van der Waals surface area contributed by atoms with Gasteiger partial charge in [0.1, 0.15) is 23.8 Å². The zero-order valence-corrected chi connectivity index (χ0v) is 16.8. The van der Waals surface area contributed by atoms with Crippen molar-refractivity contribution in [3.63, 3.8) is 0 Å². The summed E-state index contributed by atoms with van der Waals surface area (Å²) in [5.41, 5.74) is 6.40. The number of nitriles is 1. The van der Waals surface area contributed by atoms with Crippen molar-refractivity contribution in [3.8, 4) is 6.07 Å². The molecule has 0 radical (unpaired) electrons. The summed E-state index contributed by atoms with van der Waals surface area (Å²) in [6.07, 6.45) is 2.95. The third-order valence-electron chi connectivity index (χ3n) is 5.04. The molecule has 3 aromatic rings. The minimum atomic E-state index is -0.255. The van der Waals surface area contributed by atoms with Crippen LogP contribution >= 0.6 is 11.6 Å². The third-order valence-corrected chi connectivity index (χ3v) is 5.36. The molecule has 0 bridgehead atoms. The Hall–Kier alpha value is -3.38. The Labute approximate surface area is 171 Å². The van der Waals surface area contributed by atoms with Gasteiger partial charge in [-0.15, -0.1) is 0 Å². The molecule has 0 amide bonds. The molecule has 2 N–H and O–H groups in total. The van der Waals surface area contributed by atoms with Gasteiger partial charge in [0.2, 0.25) is 0 Å². The van der Waals surface area contributed by atoms with Crippen LogP contribution in [-0.2, 0) is 0 Å². The van der Waals surface area contributed by atoms with E-state index in [0.717, 1.165) is 12.8 Å². The Balaban J connectivity index is 1.95. The smallest absolute Gasteiger partial charge is 0.281 e. The highest BCUT2D eigenvalue weighted by molar-refractivity contribution is 6.35. The van der Waals surface area contributed by atoms with Crippen LogP contribution in [-0.4, -0.2) is 40.3 Å². The van der Waals surface area contributed by atoms with E-state index in [1.165, 1.54) is 11.0 Å². The van der Waals surface area contributed by atoms with Crippen LogP contribution in [0.5, 0.6) is 0 Å². The van der Waals surface area contributed by atoms with Crippen LogP contribution < -0.4 is 21.2 Å². The molecule has 1 saturated heterocycles. The van der Waals surface area contributed by atoms with Gasteiger partial charge in [-0.3, -0.25) is 4.79 Å². The van der Waals surface area contributed by atoms with Gasteiger partial charge in [0.25, 0.3) is 5.56 Å². The number of aromatic nitrogens is 4. The van der Waals surface area contributed by atoms with E-state index in [9.17, 15) is 10.1 Å². The number of fused-ring (bicyclic) bond motifs is 1. The van der Waals surface area contributed by atoms with Crippen LogP contribution in [0, 0.1) is 11.3 Å². The number of benzene rings is 1. The second kappa shape index (κ2) is 7.22. The van der Waals surface area contributed by atoms with E-state index in [2.05, 4.69) is 16.0 Å². The number of nitrogens with two attached hydrogens (primary N) is 1. The lowest BCUT2D eigenvalue weighted by atomic mass is 10.1. The molecule has 10 heteroatoms. The molecule has 1 aliphatic heterocycles. The highest BCUT2D eigenvalue weighted by atomic mass is 35.5. The number of hydrogen-bond donors (Lipinski definition) is 1. The fourth-order valence-corrected chi connectivity index (χ4v) is 4.05. The van der Waals surface area contributed by atoms with Crippen molar-refractivity contribution in [2.24, 2.45) is 0 Å². The number of hydrogen-bond acceptors (Lipinski definition) is 8. The Bertz CT molecular complexity index is 1200. The van der Waals surface area contributed by atoms with Crippen molar-refractivity contribution in [3.05, 3.63) is 51.3 Å². The Morgan fingerprint density at radius 1 is 1.34 bits per heavy atom. The maximum atomic E-state index is 13.3. The van der Waals surface area contributed by atoms with E-state index in [1.807, 2.05) is 4.90 Å². The summed E-state index contributed by atoms with van der Waals surface area (Å²) >= 11 is 6.28. The molecule has 1 atom stereocenters. The van der Waals surface area contributed by atoms with Crippen LogP contribution in [0.2, 0.25) is 5.02 Å². The Morgan fingerprint density at radius 3 is 2.86 bits per heavy atom. The summed E-state index contributed by atoms with van der Waals surface area (Å²) in [4.78, 5) is 28.2. The van der Waals surface area contributed by atoms with Gasteiger partial charge in [-0.25, -0.2) is 19.6 Å². The Morgan fingerprint density at radius 2 is 2.14 bits per heavy atom. The van der Waals surface area contributed by atoms with E-state index < -0.39 is 0 Å². The molecule has 29 heavy (non-hydrogen) atoms. The molecule has 1 aliphatic rings. The lowest BCUT2D eigenvalue weighted by molar-refractivity contribution is 0.564. The second-order valence-electron chi connectivity index (χ2n) is 6.99. The van der Waals surface area contributed by atoms with Crippen molar-refractivity contribution in [2.75, 3.05) is 36.3 Å².